The third-order valence-corrected chi connectivity index (χ3v) is 3.31. The molecule has 1 N–H and O–H groups in total. The minimum Gasteiger partial charge on any atom is -0.382 e. The van der Waals surface area contributed by atoms with Crippen molar-refractivity contribution in [1.29, 1.82) is 0 Å². The Bertz CT molecular complexity index is 348. The SMILES string of the molecule is Fc1ccc2c(c1)NC1CCC1C2. The first-order chi connectivity index (χ1) is 6.33. The average Bonchev–Trinajstić information content (AvgIpc) is 2.09. The number of hydrogen-bond donors (Lipinski definition) is 1. The van der Waals surface area contributed by atoms with Gasteiger partial charge in [-0.1, -0.05) is 6.07 Å². The summed E-state index contributed by atoms with van der Waals surface area (Å²) in [5.74, 6) is 0.669. The van der Waals surface area contributed by atoms with Gasteiger partial charge in [0, 0.05) is 11.7 Å². The van der Waals surface area contributed by atoms with Crippen LogP contribution in [0.4, 0.5) is 10.1 Å². The fourth-order valence-electron chi connectivity index (χ4n) is 2.35. The van der Waals surface area contributed by atoms with Crippen LogP contribution in [0.25, 0.3) is 0 Å². The maximum Gasteiger partial charge on any atom is 0.125 e. The third kappa shape index (κ3) is 1.05. The summed E-state index contributed by atoms with van der Waals surface area (Å²) in [6.45, 7) is 0. The molecule has 1 aromatic rings. The lowest BCUT2D eigenvalue weighted by atomic mass is 9.73. The van der Waals surface area contributed by atoms with Gasteiger partial charge in [0.05, 0.1) is 0 Å². The zero-order chi connectivity index (χ0) is 8.84. The molecule has 2 aliphatic rings. The van der Waals surface area contributed by atoms with E-state index in [0.717, 1.165) is 18.0 Å². The van der Waals surface area contributed by atoms with Gasteiger partial charge in [-0.2, -0.15) is 0 Å². The first-order valence-electron chi connectivity index (χ1n) is 4.88. The van der Waals surface area contributed by atoms with Crippen LogP contribution in [-0.2, 0) is 6.42 Å². The van der Waals surface area contributed by atoms with E-state index in [1.807, 2.05) is 6.07 Å². The maximum absolute atomic E-state index is 12.9. The van der Waals surface area contributed by atoms with Gasteiger partial charge in [0.25, 0.3) is 0 Å². The van der Waals surface area contributed by atoms with E-state index in [4.69, 9.17) is 0 Å². The van der Waals surface area contributed by atoms with Crippen LogP contribution in [0.1, 0.15) is 18.4 Å². The van der Waals surface area contributed by atoms with Crippen molar-refractivity contribution in [1.82, 2.24) is 0 Å². The molecule has 1 aromatic carbocycles. The minimum atomic E-state index is -0.135. The molecule has 1 saturated carbocycles. The molecule has 2 heteroatoms. The zero-order valence-electron chi connectivity index (χ0n) is 7.39. The summed E-state index contributed by atoms with van der Waals surface area (Å²) in [6, 6.07) is 5.70. The van der Waals surface area contributed by atoms with E-state index >= 15 is 0 Å². The van der Waals surface area contributed by atoms with Gasteiger partial charge in [-0.05, 0) is 42.9 Å². The van der Waals surface area contributed by atoms with E-state index in [1.165, 1.54) is 18.4 Å². The van der Waals surface area contributed by atoms with Crippen molar-refractivity contribution in [2.45, 2.75) is 25.3 Å². The quantitative estimate of drug-likeness (QED) is 0.642. The summed E-state index contributed by atoms with van der Waals surface area (Å²) in [5.41, 5.74) is 2.29. The van der Waals surface area contributed by atoms with Gasteiger partial charge in [-0.25, -0.2) is 4.39 Å². The molecule has 0 radical (unpaired) electrons. The second-order valence-electron chi connectivity index (χ2n) is 4.09. The number of anilines is 1. The highest BCUT2D eigenvalue weighted by Crippen LogP contribution is 2.39. The minimum absolute atomic E-state index is 0.135. The van der Waals surface area contributed by atoms with E-state index in [9.17, 15) is 4.39 Å². The molecular weight excluding hydrogens is 165 g/mol. The lowest BCUT2D eigenvalue weighted by molar-refractivity contribution is 0.266. The summed E-state index contributed by atoms with van der Waals surface area (Å²) >= 11 is 0. The molecule has 0 saturated heterocycles. The molecule has 0 bridgehead atoms. The Morgan fingerprint density at radius 1 is 1.31 bits per heavy atom. The first-order valence-corrected chi connectivity index (χ1v) is 4.88. The second-order valence-corrected chi connectivity index (χ2v) is 4.09. The number of benzene rings is 1. The monoisotopic (exact) mass is 177 g/mol. The lowest BCUT2D eigenvalue weighted by Crippen LogP contribution is -2.42. The summed E-state index contributed by atoms with van der Waals surface area (Å²) in [6.07, 6.45) is 3.71. The first kappa shape index (κ1) is 7.36. The van der Waals surface area contributed by atoms with Crippen LogP contribution in [0.5, 0.6) is 0 Å². The lowest BCUT2D eigenvalue weighted by Gasteiger charge is -2.42. The van der Waals surface area contributed by atoms with E-state index < -0.39 is 0 Å². The predicted octanol–water partition coefficient (Wildman–Crippen LogP) is 2.57. The highest BCUT2D eigenvalue weighted by Gasteiger charge is 2.34. The number of fused-ring (bicyclic) bond motifs is 2. The van der Waals surface area contributed by atoms with E-state index in [-0.39, 0.29) is 5.82 Å². The molecule has 0 spiro atoms. The third-order valence-electron chi connectivity index (χ3n) is 3.31. The molecule has 13 heavy (non-hydrogen) atoms. The Hall–Kier alpha value is -1.05. The Labute approximate surface area is 77.0 Å². The van der Waals surface area contributed by atoms with Crippen molar-refractivity contribution in [2.24, 2.45) is 5.92 Å². The van der Waals surface area contributed by atoms with Gasteiger partial charge in [0.2, 0.25) is 0 Å². The van der Waals surface area contributed by atoms with E-state index in [0.29, 0.717) is 6.04 Å². The van der Waals surface area contributed by atoms with Crippen molar-refractivity contribution < 1.29 is 4.39 Å². The van der Waals surface area contributed by atoms with Crippen molar-refractivity contribution in [2.75, 3.05) is 5.32 Å². The maximum atomic E-state index is 12.9. The van der Waals surface area contributed by atoms with Crippen LogP contribution in [0.3, 0.4) is 0 Å². The Morgan fingerprint density at radius 3 is 3.00 bits per heavy atom. The molecule has 2 atom stereocenters. The van der Waals surface area contributed by atoms with Gasteiger partial charge >= 0.3 is 0 Å². The molecule has 1 nitrogen and oxygen atoms in total. The standard InChI is InChI=1S/C11H12FN/c12-9-3-1-8-5-7-2-4-10(7)13-11(8)6-9/h1,3,6-7,10,13H,2,4-5H2. The van der Waals surface area contributed by atoms with Gasteiger partial charge < -0.3 is 5.32 Å². The number of nitrogens with one attached hydrogen (secondary N) is 1. The number of hydrogen-bond acceptors (Lipinski definition) is 1. The smallest absolute Gasteiger partial charge is 0.125 e. The average molecular weight is 177 g/mol. The topological polar surface area (TPSA) is 12.0 Å². The number of halogens is 1. The molecule has 1 aliphatic carbocycles. The van der Waals surface area contributed by atoms with Crippen molar-refractivity contribution in [3.63, 3.8) is 0 Å². The van der Waals surface area contributed by atoms with Crippen LogP contribution < -0.4 is 5.32 Å². The van der Waals surface area contributed by atoms with Gasteiger partial charge in [0.1, 0.15) is 5.82 Å². The van der Waals surface area contributed by atoms with E-state index in [1.54, 1.807) is 12.1 Å². The number of rotatable bonds is 0. The summed E-state index contributed by atoms with van der Waals surface area (Å²) in [7, 11) is 0. The molecule has 1 heterocycles. The largest absolute Gasteiger partial charge is 0.382 e. The molecule has 68 valence electrons. The van der Waals surface area contributed by atoms with Gasteiger partial charge in [-0.15, -0.1) is 0 Å². The fourth-order valence-corrected chi connectivity index (χ4v) is 2.35. The molecule has 1 fully saturated rings. The van der Waals surface area contributed by atoms with Crippen LogP contribution in [0.15, 0.2) is 18.2 Å². The summed E-state index contributed by atoms with van der Waals surface area (Å²) in [4.78, 5) is 0. The van der Waals surface area contributed by atoms with Crippen LogP contribution >= 0.6 is 0 Å². The molecule has 0 aromatic heterocycles. The van der Waals surface area contributed by atoms with Crippen LogP contribution in [0.2, 0.25) is 0 Å². The Morgan fingerprint density at radius 2 is 2.23 bits per heavy atom. The molecule has 3 rings (SSSR count). The zero-order valence-corrected chi connectivity index (χ0v) is 7.39. The Balaban J connectivity index is 2.00. The molecular formula is C11H12FN. The van der Waals surface area contributed by atoms with Gasteiger partial charge in [0.15, 0.2) is 0 Å². The summed E-state index contributed by atoms with van der Waals surface area (Å²) < 4.78 is 12.9. The van der Waals surface area contributed by atoms with Crippen LogP contribution in [0, 0.1) is 11.7 Å². The second kappa shape index (κ2) is 2.47. The Kier molecular flexibility index (Phi) is 1.40. The van der Waals surface area contributed by atoms with Crippen molar-refractivity contribution >= 4 is 5.69 Å². The summed E-state index contributed by atoms with van der Waals surface area (Å²) in [5, 5.41) is 3.40. The highest BCUT2D eigenvalue weighted by molar-refractivity contribution is 5.55. The molecule has 2 unspecified atom stereocenters. The molecule has 0 amide bonds. The van der Waals surface area contributed by atoms with Crippen molar-refractivity contribution in [3.8, 4) is 0 Å². The van der Waals surface area contributed by atoms with E-state index in [2.05, 4.69) is 5.32 Å². The van der Waals surface area contributed by atoms with Crippen LogP contribution in [-0.4, -0.2) is 6.04 Å². The highest BCUT2D eigenvalue weighted by atomic mass is 19.1. The normalized spacial score (nSPS) is 29.6. The van der Waals surface area contributed by atoms with Gasteiger partial charge in [-0.3, -0.25) is 0 Å². The van der Waals surface area contributed by atoms with Crippen molar-refractivity contribution in [3.05, 3.63) is 29.6 Å². The fraction of sp³-hybridized carbons (Fsp3) is 0.455. The predicted molar refractivity (Wildman–Crippen MR) is 50.2 cm³/mol. The molecule has 1 aliphatic heterocycles.